The number of hydrogen-bond acceptors (Lipinski definition) is 5. The Morgan fingerprint density at radius 1 is 1.03 bits per heavy atom. The fraction of sp³-hybridized carbons (Fsp3) is 0.185. The monoisotopic (exact) mass is 603 g/mol. The smallest absolute Gasteiger partial charge is 0.293 e. The first-order chi connectivity index (χ1) is 16.9. The number of rotatable bonds is 8. The number of amides is 2. The molecule has 1 heterocycles. The van der Waals surface area contributed by atoms with Crippen molar-refractivity contribution < 1.29 is 23.5 Å². The summed E-state index contributed by atoms with van der Waals surface area (Å²) in [5.41, 5.74) is 3.22. The van der Waals surface area contributed by atoms with Crippen LogP contribution in [0.1, 0.15) is 29.2 Å². The third-order valence-corrected chi connectivity index (χ3v) is 7.13. The van der Waals surface area contributed by atoms with Crippen molar-refractivity contribution in [3.05, 3.63) is 97.2 Å². The highest BCUT2D eigenvalue weighted by Gasteiger charge is 2.35. The third kappa shape index (κ3) is 5.87. The second-order valence-electron chi connectivity index (χ2n) is 7.84. The minimum absolute atomic E-state index is 0.109. The largest absolute Gasteiger partial charge is 0.490 e. The molecule has 1 fully saturated rings. The van der Waals surface area contributed by atoms with E-state index in [2.05, 4.69) is 22.6 Å². The van der Waals surface area contributed by atoms with Crippen molar-refractivity contribution in [1.29, 1.82) is 0 Å². The number of hydrogen-bond donors (Lipinski definition) is 0. The molecule has 8 heteroatoms. The number of halogens is 2. The molecule has 2 amide bonds. The number of nitrogens with zero attached hydrogens (tertiary/aromatic N) is 1. The highest BCUT2D eigenvalue weighted by Crippen LogP contribution is 2.38. The quantitative estimate of drug-likeness (QED) is 0.206. The van der Waals surface area contributed by atoms with Crippen molar-refractivity contribution in [3.63, 3.8) is 0 Å². The minimum Gasteiger partial charge on any atom is -0.490 e. The van der Waals surface area contributed by atoms with Crippen LogP contribution in [0, 0.1) is 16.3 Å². The Bertz CT molecular complexity index is 1310. The number of imide groups is 1. The summed E-state index contributed by atoms with van der Waals surface area (Å²) in [6, 6.07) is 17.8. The SMILES string of the molecule is CCOc1cc(/C=C2\SC(=O)N(Cc3ccccc3F)C2=O)cc(I)c1OCc1ccccc1C. The Kier molecular flexibility index (Phi) is 8.12. The van der Waals surface area contributed by atoms with Crippen LogP contribution in [0.25, 0.3) is 6.08 Å². The van der Waals surface area contributed by atoms with Gasteiger partial charge in [0.15, 0.2) is 11.5 Å². The van der Waals surface area contributed by atoms with Crippen molar-refractivity contribution in [2.75, 3.05) is 6.61 Å². The predicted octanol–water partition coefficient (Wildman–Crippen LogP) is 6.95. The Labute approximate surface area is 221 Å². The molecule has 0 unspecified atom stereocenters. The zero-order chi connectivity index (χ0) is 24.9. The van der Waals surface area contributed by atoms with Crippen LogP contribution < -0.4 is 9.47 Å². The van der Waals surface area contributed by atoms with Crippen molar-refractivity contribution in [1.82, 2.24) is 4.90 Å². The zero-order valence-electron chi connectivity index (χ0n) is 19.2. The molecule has 0 aliphatic carbocycles. The van der Waals surface area contributed by atoms with Crippen LogP contribution in [0.4, 0.5) is 9.18 Å². The van der Waals surface area contributed by atoms with E-state index in [9.17, 15) is 14.0 Å². The van der Waals surface area contributed by atoms with Gasteiger partial charge in [-0.3, -0.25) is 14.5 Å². The molecule has 0 N–H and O–H groups in total. The molecule has 0 aromatic heterocycles. The highest BCUT2D eigenvalue weighted by molar-refractivity contribution is 14.1. The Morgan fingerprint density at radius 2 is 1.74 bits per heavy atom. The summed E-state index contributed by atoms with van der Waals surface area (Å²) >= 11 is 3.02. The van der Waals surface area contributed by atoms with E-state index in [1.165, 1.54) is 6.07 Å². The van der Waals surface area contributed by atoms with Gasteiger partial charge >= 0.3 is 0 Å². The highest BCUT2D eigenvalue weighted by atomic mass is 127. The molecule has 180 valence electrons. The minimum atomic E-state index is -0.451. The molecule has 0 saturated carbocycles. The predicted molar refractivity (Wildman–Crippen MR) is 144 cm³/mol. The number of aryl methyl sites for hydroxylation is 1. The van der Waals surface area contributed by atoms with E-state index in [0.29, 0.717) is 35.8 Å². The number of carbonyl (C=O) groups excluding carboxylic acids is 2. The Balaban J connectivity index is 1.57. The van der Waals surface area contributed by atoms with Gasteiger partial charge in [-0.2, -0.15) is 0 Å². The number of benzene rings is 3. The lowest BCUT2D eigenvalue weighted by Gasteiger charge is -2.16. The van der Waals surface area contributed by atoms with Crippen LogP contribution in [0.2, 0.25) is 0 Å². The molecule has 0 bridgehead atoms. The summed E-state index contributed by atoms with van der Waals surface area (Å²) in [6.07, 6.45) is 1.65. The molecule has 1 saturated heterocycles. The maximum Gasteiger partial charge on any atom is 0.293 e. The van der Waals surface area contributed by atoms with Gasteiger partial charge in [-0.25, -0.2) is 4.39 Å². The van der Waals surface area contributed by atoms with Gasteiger partial charge in [-0.1, -0.05) is 42.5 Å². The normalized spacial score (nSPS) is 14.6. The van der Waals surface area contributed by atoms with Gasteiger partial charge in [0.05, 0.1) is 21.6 Å². The van der Waals surface area contributed by atoms with Crippen LogP contribution in [0.5, 0.6) is 11.5 Å². The molecule has 1 aliphatic heterocycles. The van der Waals surface area contributed by atoms with Crippen molar-refractivity contribution in [3.8, 4) is 11.5 Å². The lowest BCUT2D eigenvalue weighted by molar-refractivity contribution is -0.123. The van der Waals surface area contributed by atoms with Crippen molar-refractivity contribution in [2.45, 2.75) is 27.0 Å². The summed E-state index contributed by atoms with van der Waals surface area (Å²) in [4.78, 5) is 26.8. The first-order valence-electron chi connectivity index (χ1n) is 11.0. The summed E-state index contributed by atoms with van der Waals surface area (Å²) in [7, 11) is 0. The lowest BCUT2D eigenvalue weighted by Crippen LogP contribution is -2.27. The molecule has 0 spiro atoms. The summed E-state index contributed by atoms with van der Waals surface area (Å²) in [6.45, 7) is 4.66. The maximum atomic E-state index is 14.0. The molecule has 0 atom stereocenters. The maximum absolute atomic E-state index is 14.0. The van der Waals surface area contributed by atoms with Gasteiger partial charge in [0.1, 0.15) is 12.4 Å². The number of ether oxygens (including phenoxy) is 2. The topological polar surface area (TPSA) is 55.8 Å². The van der Waals surface area contributed by atoms with Gasteiger partial charge < -0.3 is 9.47 Å². The molecule has 5 nitrogen and oxygen atoms in total. The molecule has 3 aromatic carbocycles. The van der Waals surface area contributed by atoms with E-state index in [4.69, 9.17) is 9.47 Å². The molecule has 4 rings (SSSR count). The number of thioether (sulfide) groups is 1. The molecular weight excluding hydrogens is 580 g/mol. The average molecular weight is 603 g/mol. The lowest BCUT2D eigenvalue weighted by atomic mass is 10.1. The molecule has 0 radical (unpaired) electrons. The van der Waals surface area contributed by atoms with Gasteiger partial charge in [0.25, 0.3) is 11.1 Å². The van der Waals surface area contributed by atoms with Crippen LogP contribution >= 0.6 is 34.4 Å². The third-order valence-electron chi connectivity index (χ3n) is 5.42. The molecule has 35 heavy (non-hydrogen) atoms. The standard InChI is InChI=1S/C27H23FINO4S/c1-3-33-23-13-18(12-22(29)25(23)34-16-20-10-5-4-8-17(20)2)14-24-26(31)30(27(32)35-24)15-19-9-6-7-11-21(19)28/h4-14H,3,15-16H2,1-2H3/b24-14-. The second-order valence-corrected chi connectivity index (χ2v) is 9.99. The van der Waals surface area contributed by atoms with Gasteiger partial charge in [0, 0.05) is 5.56 Å². The van der Waals surface area contributed by atoms with Crippen molar-refractivity contribution in [2.24, 2.45) is 0 Å². The molecular formula is C27H23FINO4S. The first kappa shape index (κ1) is 25.2. The fourth-order valence-corrected chi connectivity index (χ4v) is 5.20. The van der Waals surface area contributed by atoms with E-state index in [0.717, 1.165) is 31.4 Å². The van der Waals surface area contributed by atoms with Crippen molar-refractivity contribution >= 4 is 51.6 Å². The number of carbonyl (C=O) groups is 2. The Morgan fingerprint density at radius 3 is 2.46 bits per heavy atom. The van der Waals surface area contributed by atoms with E-state index in [-0.39, 0.29) is 11.4 Å². The van der Waals surface area contributed by atoms with Crippen LogP contribution in [0.15, 0.2) is 65.6 Å². The summed E-state index contributed by atoms with van der Waals surface area (Å²) in [5, 5.41) is -0.428. The zero-order valence-corrected chi connectivity index (χ0v) is 22.2. The van der Waals surface area contributed by atoms with E-state index in [1.54, 1.807) is 30.3 Å². The molecule has 3 aromatic rings. The van der Waals surface area contributed by atoms with Crippen LogP contribution in [0.3, 0.4) is 0 Å². The second kappa shape index (κ2) is 11.3. The van der Waals surface area contributed by atoms with Gasteiger partial charge in [0.2, 0.25) is 0 Å². The molecule has 1 aliphatic rings. The van der Waals surface area contributed by atoms with E-state index < -0.39 is 17.0 Å². The van der Waals surface area contributed by atoms with Gasteiger partial charge in [-0.15, -0.1) is 0 Å². The fourth-order valence-electron chi connectivity index (χ4n) is 3.58. The van der Waals surface area contributed by atoms with Crippen LogP contribution in [-0.2, 0) is 17.9 Å². The Hall–Kier alpha value is -2.85. The van der Waals surface area contributed by atoms with E-state index >= 15 is 0 Å². The van der Waals surface area contributed by atoms with E-state index in [1.807, 2.05) is 44.2 Å². The summed E-state index contributed by atoms with van der Waals surface area (Å²) < 4.78 is 26.8. The first-order valence-corrected chi connectivity index (χ1v) is 12.9. The van der Waals surface area contributed by atoms with Gasteiger partial charge in [-0.05, 0) is 89.2 Å². The summed E-state index contributed by atoms with van der Waals surface area (Å²) in [5.74, 6) is 0.286. The average Bonchev–Trinajstić information content (AvgIpc) is 3.08. The van der Waals surface area contributed by atoms with Crippen LogP contribution in [-0.4, -0.2) is 22.7 Å².